The van der Waals surface area contributed by atoms with E-state index in [2.05, 4.69) is 35.1 Å². The summed E-state index contributed by atoms with van der Waals surface area (Å²) in [5.74, 6) is -2.09. The van der Waals surface area contributed by atoms with Crippen LogP contribution in [0.1, 0.15) is 138 Å². The van der Waals surface area contributed by atoms with Crippen LogP contribution in [0.25, 0.3) is 0 Å². The number of hydrogen-bond donors (Lipinski definition) is 4. The van der Waals surface area contributed by atoms with E-state index in [0.717, 1.165) is 70.6 Å². The van der Waals surface area contributed by atoms with Crippen molar-refractivity contribution in [1.82, 2.24) is 26.2 Å². The van der Waals surface area contributed by atoms with Crippen LogP contribution in [0.3, 0.4) is 0 Å². The summed E-state index contributed by atoms with van der Waals surface area (Å²) < 4.78 is 38.5. The lowest BCUT2D eigenvalue weighted by molar-refractivity contribution is -0.165. The Kier molecular flexibility index (Phi) is 12.8. The molecule has 6 aliphatic rings. The van der Waals surface area contributed by atoms with Crippen LogP contribution < -0.4 is 21.3 Å². The van der Waals surface area contributed by atoms with Crippen molar-refractivity contribution >= 4 is 39.4 Å². The Balaban J connectivity index is 1.15. The molecule has 4 aliphatic carbocycles. The number of nitrogens with one attached hydrogen (secondary N) is 4. The summed E-state index contributed by atoms with van der Waals surface area (Å²) in [5, 5.41) is 11.7. The average Bonchev–Trinajstić information content (AvgIpc) is 4.10. The van der Waals surface area contributed by atoms with Crippen molar-refractivity contribution in [2.45, 2.75) is 179 Å². The zero-order chi connectivity index (χ0) is 41.6. The average molecular weight is 820 g/mol. The van der Waals surface area contributed by atoms with Crippen LogP contribution in [0.15, 0.2) is 0 Å². The summed E-state index contributed by atoms with van der Waals surface area (Å²) in [6.45, 7) is 13.9. The minimum atomic E-state index is -3.80. The van der Waals surface area contributed by atoms with E-state index in [1.54, 1.807) is 18.7 Å². The molecule has 14 nitrogen and oxygen atoms in total. The molecule has 57 heavy (non-hydrogen) atoms. The number of rotatable bonds is 17. The number of ketones is 1. The third kappa shape index (κ3) is 10.3. The zero-order valence-corrected chi connectivity index (χ0v) is 36.2. The summed E-state index contributed by atoms with van der Waals surface area (Å²) in [5.41, 5.74) is -2.03. The van der Waals surface area contributed by atoms with Gasteiger partial charge in [-0.15, -0.1) is 0 Å². The highest BCUT2D eigenvalue weighted by molar-refractivity contribution is 7.92. The number of amides is 5. The van der Waals surface area contributed by atoms with Gasteiger partial charge in [-0.25, -0.2) is 13.2 Å². The van der Waals surface area contributed by atoms with Gasteiger partial charge in [0, 0.05) is 19.2 Å². The van der Waals surface area contributed by atoms with Crippen LogP contribution in [0.5, 0.6) is 0 Å². The molecule has 0 bridgehead atoms. The van der Waals surface area contributed by atoms with E-state index in [0.29, 0.717) is 38.3 Å². The first-order chi connectivity index (χ1) is 26.6. The zero-order valence-electron chi connectivity index (χ0n) is 35.4. The fraction of sp³-hybridized carbons (Fsp3) is 0.881. The number of piperidine rings is 1. The van der Waals surface area contributed by atoms with Crippen molar-refractivity contribution in [2.75, 3.05) is 25.5 Å². The van der Waals surface area contributed by atoms with Gasteiger partial charge in [0.2, 0.25) is 17.6 Å². The van der Waals surface area contributed by atoms with Gasteiger partial charge in [0.05, 0.1) is 28.7 Å². The number of ether oxygens (including phenoxy) is 2. The molecule has 5 amide bonds. The van der Waals surface area contributed by atoms with Gasteiger partial charge in [0.25, 0.3) is 5.91 Å². The molecular formula is C42H69N5O9S. The highest BCUT2D eigenvalue weighted by Gasteiger charge is 2.70. The standard InChI is InChI=1S/C42H69N5O9S/c1-39(2,3)34(45-38(52)46-42(20-10-8-11-21-42)25-57(53,54)40(4,5)24-56-30-13-9-12-22-55-30)37(51)47-23-28-31(41(28,6)7)32(47)35(49)44-29(19-16-26-14-15-26)33(48)36(50)43-27-17-18-27/h26-32,34H,8-25H2,1-7H3,(H,43,50)(H,44,49)(H2,45,46,52)/t28-,29?,30?,31-,32-,34+/m0/s1. The molecule has 0 spiro atoms. The number of fused-ring (bicyclic) bond motifs is 1. The quantitative estimate of drug-likeness (QED) is 0.156. The third-order valence-electron chi connectivity index (χ3n) is 13.7. The number of hydrogen-bond acceptors (Lipinski definition) is 9. The largest absolute Gasteiger partial charge is 0.353 e. The Bertz CT molecular complexity index is 1640. The Morgan fingerprint density at radius 2 is 1.58 bits per heavy atom. The second-order valence-corrected chi connectivity index (χ2v) is 23.1. The lowest BCUT2D eigenvalue weighted by Gasteiger charge is -2.42. The Labute approximate surface area is 339 Å². The molecule has 322 valence electrons. The molecule has 2 aliphatic heterocycles. The topological polar surface area (TPSA) is 189 Å². The van der Waals surface area contributed by atoms with Gasteiger partial charge in [-0.3, -0.25) is 19.2 Å². The molecule has 15 heteroatoms. The number of sulfone groups is 1. The Morgan fingerprint density at radius 1 is 0.895 bits per heavy atom. The van der Waals surface area contributed by atoms with Gasteiger partial charge in [-0.05, 0) is 100 Å². The number of nitrogens with zero attached hydrogens (tertiary/aromatic N) is 1. The molecule has 2 heterocycles. The fourth-order valence-electron chi connectivity index (χ4n) is 9.33. The van der Waals surface area contributed by atoms with Gasteiger partial charge in [0.15, 0.2) is 16.1 Å². The first-order valence-electron chi connectivity index (χ1n) is 21.6. The monoisotopic (exact) mass is 819 g/mol. The molecule has 4 saturated carbocycles. The summed E-state index contributed by atoms with van der Waals surface area (Å²) in [6, 6.07) is -3.56. The second-order valence-electron chi connectivity index (χ2n) is 20.4. The van der Waals surface area contributed by atoms with E-state index < -0.39 is 79.5 Å². The summed E-state index contributed by atoms with van der Waals surface area (Å²) in [4.78, 5) is 70.9. The highest BCUT2D eigenvalue weighted by Crippen LogP contribution is 2.65. The lowest BCUT2D eigenvalue weighted by atomic mass is 9.83. The molecule has 4 N–H and O–H groups in total. The van der Waals surface area contributed by atoms with Gasteiger partial charge in [0.1, 0.15) is 12.1 Å². The normalized spacial score (nSPS) is 28.0. The fourth-order valence-corrected chi connectivity index (χ4v) is 11.1. The maximum Gasteiger partial charge on any atom is 0.315 e. The smallest absolute Gasteiger partial charge is 0.315 e. The number of carbonyl (C=O) groups excluding carboxylic acids is 5. The molecule has 0 aromatic heterocycles. The second kappa shape index (κ2) is 16.7. The van der Waals surface area contributed by atoms with Crippen LogP contribution in [-0.4, -0.2) is 109 Å². The number of Topliss-reactive ketones (excluding diaryl/α,β-unsaturated/α-hetero) is 1. The van der Waals surface area contributed by atoms with E-state index in [1.807, 2.05) is 20.8 Å². The molecule has 2 saturated heterocycles. The maximum absolute atomic E-state index is 14.7. The van der Waals surface area contributed by atoms with Gasteiger partial charge in [-0.1, -0.05) is 66.7 Å². The number of urea groups is 1. The minimum Gasteiger partial charge on any atom is -0.353 e. The molecule has 6 fully saturated rings. The predicted molar refractivity (Wildman–Crippen MR) is 214 cm³/mol. The van der Waals surface area contributed by atoms with Crippen LogP contribution in [-0.2, 0) is 38.5 Å². The molecule has 0 radical (unpaired) electrons. The van der Waals surface area contributed by atoms with Crippen molar-refractivity contribution in [3.8, 4) is 0 Å². The predicted octanol–water partition coefficient (Wildman–Crippen LogP) is 4.15. The maximum atomic E-state index is 14.7. The van der Waals surface area contributed by atoms with Gasteiger partial charge in [-0.2, -0.15) is 0 Å². The third-order valence-corrected chi connectivity index (χ3v) is 16.5. The molecule has 2 unspecified atom stereocenters. The van der Waals surface area contributed by atoms with Crippen molar-refractivity contribution < 1.29 is 41.9 Å². The van der Waals surface area contributed by atoms with Crippen molar-refractivity contribution in [1.29, 1.82) is 0 Å². The molecular weight excluding hydrogens is 751 g/mol. The van der Waals surface area contributed by atoms with E-state index in [-0.39, 0.29) is 35.7 Å². The first kappa shape index (κ1) is 43.8. The van der Waals surface area contributed by atoms with Crippen molar-refractivity contribution in [3.63, 3.8) is 0 Å². The SMILES string of the molecule is CC(C)(C)[C@H](NC(=O)NC1(CS(=O)(=O)C(C)(C)COC2CCCCO2)CCCCC1)C(=O)N1C[C@H]2[C@@H]([C@H]1C(=O)NC(CCC1CC1)C(=O)C(=O)NC1CC1)C2(C)C. The summed E-state index contributed by atoms with van der Waals surface area (Å²) in [6.07, 6.45) is 10.5. The Morgan fingerprint density at radius 3 is 2.18 bits per heavy atom. The van der Waals surface area contributed by atoms with Crippen LogP contribution >= 0.6 is 0 Å². The van der Waals surface area contributed by atoms with Crippen LogP contribution in [0.2, 0.25) is 0 Å². The Hall–Kier alpha value is -2.78. The van der Waals surface area contributed by atoms with Crippen molar-refractivity contribution in [3.05, 3.63) is 0 Å². The van der Waals surface area contributed by atoms with E-state index in [1.165, 1.54) is 0 Å². The lowest BCUT2D eigenvalue weighted by Crippen LogP contribution is -2.64. The van der Waals surface area contributed by atoms with Crippen LogP contribution in [0.4, 0.5) is 4.79 Å². The minimum absolute atomic E-state index is 0.00145. The van der Waals surface area contributed by atoms with E-state index >= 15 is 0 Å². The summed E-state index contributed by atoms with van der Waals surface area (Å²) in [7, 11) is -3.80. The molecule has 6 rings (SSSR count). The van der Waals surface area contributed by atoms with E-state index in [4.69, 9.17) is 9.47 Å². The molecule has 0 aromatic rings. The van der Waals surface area contributed by atoms with Crippen LogP contribution in [0, 0.1) is 28.6 Å². The first-order valence-corrected chi connectivity index (χ1v) is 23.3. The number of carbonyl (C=O) groups is 5. The molecule has 0 aromatic carbocycles. The molecule has 6 atom stereocenters. The van der Waals surface area contributed by atoms with E-state index in [9.17, 15) is 32.4 Å². The summed E-state index contributed by atoms with van der Waals surface area (Å²) >= 11 is 0. The number of likely N-dealkylation sites (tertiary alicyclic amines) is 1. The van der Waals surface area contributed by atoms with Crippen molar-refractivity contribution in [2.24, 2.45) is 28.6 Å². The van der Waals surface area contributed by atoms with Gasteiger partial charge < -0.3 is 35.6 Å². The van der Waals surface area contributed by atoms with Gasteiger partial charge >= 0.3 is 6.03 Å². The highest BCUT2D eigenvalue weighted by atomic mass is 32.2.